The van der Waals surface area contributed by atoms with E-state index in [1.54, 1.807) is 6.20 Å². The second-order valence-electron chi connectivity index (χ2n) is 8.03. The summed E-state index contributed by atoms with van der Waals surface area (Å²) in [6.07, 6.45) is 8.21. The summed E-state index contributed by atoms with van der Waals surface area (Å²) in [5.74, 6) is 1.26. The van der Waals surface area contributed by atoms with Crippen LogP contribution in [0.25, 0.3) is 11.1 Å². The molecular weight excluding hydrogens is 364 g/mol. The van der Waals surface area contributed by atoms with E-state index < -0.39 is 0 Å². The molecule has 2 aliphatic rings. The molecule has 29 heavy (non-hydrogen) atoms. The van der Waals surface area contributed by atoms with Gasteiger partial charge in [0.25, 0.3) is 0 Å². The maximum absolute atomic E-state index is 12.3. The lowest BCUT2D eigenvalue weighted by molar-refractivity contribution is -0.132. The van der Waals surface area contributed by atoms with Gasteiger partial charge in [-0.15, -0.1) is 0 Å². The molecule has 0 aromatic carbocycles. The highest BCUT2D eigenvalue weighted by Gasteiger charge is 2.28. The third kappa shape index (κ3) is 4.40. The van der Waals surface area contributed by atoms with Gasteiger partial charge >= 0.3 is 0 Å². The Balaban J connectivity index is 1.68. The fourth-order valence-corrected chi connectivity index (χ4v) is 4.25. The lowest BCUT2D eigenvalue weighted by Crippen LogP contribution is -2.45. The van der Waals surface area contributed by atoms with Crippen molar-refractivity contribution >= 4 is 11.9 Å². The Morgan fingerprint density at radius 3 is 2.72 bits per heavy atom. The number of nitrogens with zero attached hydrogens (tertiary/aromatic N) is 6. The number of likely N-dealkylation sites (tertiary alicyclic amines) is 1. The van der Waals surface area contributed by atoms with Gasteiger partial charge in [-0.2, -0.15) is 0 Å². The second kappa shape index (κ2) is 8.86. The van der Waals surface area contributed by atoms with E-state index in [-0.39, 0.29) is 11.8 Å². The number of hydrogen-bond acceptors (Lipinski definition) is 6. The Morgan fingerprint density at radius 2 is 2.00 bits per heavy atom. The van der Waals surface area contributed by atoms with E-state index in [0.29, 0.717) is 6.42 Å². The molecule has 0 aliphatic carbocycles. The molecule has 0 saturated carbocycles. The van der Waals surface area contributed by atoms with Crippen LogP contribution in [0.5, 0.6) is 0 Å². The minimum atomic E-state index is 0.226. The Labute approximate surface area is 172 Å². The molecule has 0 N–H and O–H groups in total. The SMILES string of the molecule is CCC(=O)N1CCCC(c2nc(N3CCN(C)CC3)ncc2-c2cccnc2)C1. The molecule has 154 valence electrons. The molecule has 1 atom stereocenters. The van der Waals surface area contributed by atoms with Gasteiger partial charge < -0.3 is 14.7 Å². The van der Waals surface area contributed by atoms with Gasteiger partial charge in [0.15, 0.2) is 0 Å². The summed E-state index contributed by atoms with van der Waals surface area (Å²) in [6, 6.07) is 4.00. The summed E-state index contributed by atoms with van der Waals surface area (Å²) in [5, 5.41) is 0. The fourth-order valence-electron chi connectivity index (χ4n) is 4.25. The second-order valence-corrected chi connectivity index (χ2v) is 8.03. The molecule has 0 radical (unpaired) electrons. The first kappa shape index (κ1) is 19.8. The zero-order valence-corrected chi connectivity index (χ0v) is 17.4. The van der Waals surface area contributed by atoms with Crippen LogP contribution in [-0.4, -0.2) is 77.0 Å². The first-order chi connectivity index (χ1) is 14.2. The highest BCUT2D eigenvalue weighted by atomic mass is 16.2. The number of rotatable bonds is 4. The van der Waals surface area contributed by atoms with Crippen LogP contribution >= 0.6 is 0 Å². The Bertz CT molecular complexity index is 834. The van der Waals surface area contributed by atoms with Gasteiger partial charge in [0.05, 0.1) is 5.69 Å². The van der Waals surface area contributed by atoms with Crippen LogP contribution in [0.2, 0.25) is 0 Å². The first-order valence-electron chi connectivity index (χ1n) is 10.6. The molecule has 4 heterocycles. The van der Waals surface area contributed by atoms with Gasteiger partial charge in [0, 0.05) is 81.3 Å². The molecule has 0 spiro atoms. The third-order valence-electron chi connectivity index (χ3n) is 6.03. The standard InChI is InChI=1S/C22H30N6O/c1-3-20(29)28-9-5-7-18(16-28)21-19(17-6-4-8-23-14-17)15-24-22(25-21)27-12-10-26(2)11-13-27/h4,6,8,14-15,18H,3,5,7,9-13,16H2,1-2H3. The molecule has 2 aromatic heterocycles. The number of piperazine rings is 1. The predicted octanol–water partition coefficient (Wildman–Crippen LogP) is 2.41. The topological polar surface area (TPSA) is 65.5 Å². The van der Waals surface area contributed by atoms with E-state index in [0.717, 1.165) is 74.9 Å². The maximum atomic E-state index is 12.3. The lowest BCUT2D eigenvalue weighted by Gasteiger charge is -2.35. The summed E-state index contributed by atoms with van der Waals surface area (Å²) in [4.78, 5) is 33.0. The number of aromatic nitrogens is 3. The number of pyridine rings is 1. The Hall–Kier alpha value is -2.54. The van der Waals surface area contributed by atoms with Gasteiger partial charge in [0.2, 0.25) is 11.9 Å². The average Bonchev–Trinajstić information content (AvgIpc) is 2.79. The number of anilines is 1. The maximum Gasteiger partial charge on any atom is 0.225 e. The number of likely N-dealkylation sites (N-methyl/N-ethyl adjacent to an activating group) is 1. The van der Waals surface area contributed by atoms with Crippen molar-refractivity contribution in [2.75, 3.05) is 51.2 Å². The minimum Gasteiger partial charge on any atom is -0.342 e. The predicted molar refractivity (Wildman–Crippen MR) is 114 cm³/mol. The number of carbonyl (C=O) groups is 1. The van der Waals surface area contributed by atoms with Crippen LogP contribution in [0.1, 0.15) is 37.8 Å². The molecule has 4 rings (SSSR count). The van der Waals surface area contributed by atoms with E-state index in [4.69, 9.17) is 9.97 Å². The van der Waals surface area contributed by atoms with Crippen molar-refractivity contribution in [3.8, 4) is 11.1 Å². The van der Waals surface area contributed by atoms with Gasteiger partial charge in [-0.3, -0.25) is 9.78 Å². The number of carbonyl (C=O) groups excluding carboxylic acids is 1. The van der Waals surface area contributed by atoms with Gasteiger partial charge in [0.1, 0.15) is 0 Å². The smallest absolute Gasteiger partial charge is 0.225 e. The Morgan fingerprint density at radius 1 is 1.17 bits per heavy atom. The van der Waals surface area contributed by atoms with Crippen LogP contribution in [0.3, 0.4) is 0 Å². The van der Waals surface area contributed by atoms with Crippen molar-refractivity contribution in [1.29, 1.82) is 0 Å². The molecular formula is C22H30N6O. The van der Waals surface area contributed by atoms with Crippen molar-refractivity contribution in [3.63, 3.8) is 0 Å². The van der Waals surface area contributed by atoms with E-state index in [9.17, 15) is 4.79 Å². The fraction of sp³-hybridized carbons (Fsp3) is 0.545. The molecule has 2 fully saturated rings. The van der Waals surface area contributed by atoms with Crippen LogP contribution in [0.4, 0.5) is 5.95 Å². The zero-order chi connectivity index (χ0) is 20.2. The number of amides is 1. The first-order valence-corrected chi connectivity index (χ1v) is 10.6. The van der Waals surface area contributed by atoms with Crippen LogP contribution in [0, 0.1) is 0 Å². The van der Waals surface area contributed by atoms with E-state index in [2.05, 4.69) is 27.9 Å². The largest absolute Gasteiger partial charge is 0.342 e. The normalized spacial score (nSPS) is 20.7. The minimum absolute atomic E-state index is 0.226. The molecule has 1 unspecified atom stereocenters. The van der Waals surface area contributed by atoms with Gasteiger partial charge in [-0.05, 0) is 26.0 Å². The van der Waals surface area contributed by atoms with E-state index >= 15 is 0 Å². The van der Waals surface area contributed by atoms with E-state index in [1.165, 1.54) is 0 Å². The van der Waals surface area contributed by atoms with Crippen molar-refractivity contribution in [3.05, 3.63) is 36.4 Å². The number of hydrogen-bond donors (Lipinski definition) is 0. The van der Waals surface area contributed by atoms with Crippen LogP contribution in [0.15, 0.2) is 30.7 Å². The highest BCUT2D eigenvalue weighted by molar-refractivity contribution is 5.76. The zero-order valence-electron chi connectivity index (χ0n) is 17.4. The monoisotopic (exact) mass is 394 g/mol. The van der Waals surface area contributed by atoms with Crippen LogP contribution < -0.4 is 4.90 Å². The highest BCUT2D eigenvalue weighted by Crippen LogP contribution is 2.34. The van der Waals surface area contributed by atoms with Crippen molar-refractivity contribution < 1.29 is 4.79 Å². The van der Waals surface area contributed by atoms with Crippen LogP contribution in [-0.2, 0) is 4.79 Å². The molecule has 0 bridgehead atoms. The quantitative estimate of drug-likeness (QED) is 0.793. The lowest BCUT2D eigenvalue weighted by atomic mass is 9.90. The third-order valence-corrected chi connectivity index (χ3v) is 6.03. The molecule has 2 aromatic rings. The number of piperidine rings is 1. The summed E-state index contributed by atoms with van der Waals surface area (Å²) >= 11 is 0. The molecule has 2 aliphatic heterocycles. The molecule has 1 amide bonds. The van der Waals surface area contributed by atoms with Crippen molar-refractivity contribution in [2.24, 2.45) is 0 Å². The van der Waals surface area contributed by atoms with Crippen molar-refractivity contribution in [2.45, 2.75) is 32.1 Å². The molecule has 7 nitrogen and oxygen atoms in total. The molecule has 2 saturated heterocycles. The van der Waals surface area contributed by atoms with Gasteiger partial charge in [-0.1, -0.05) is 13.0 Å². The molecule has 7 heteroatoms. The Kier molecular flexibility index (Phi) is 6.04. The van der Waals surface area contributed by atoms with E-state index in [1.807, 2.05) is 30.3 Å². The summed E-state index contributed by atoms with van der Waals surface area (Å²) in [6.45, 7) is 7.43. The average molecular weight is 395 g/mol. The summed E-state index contributed by atoms with van der Waals surface area (Å²) < 4.78 is 0. The summed E-state index contributed by atoms with van der Waals surface area (Å²) in [5.41, 5.74) is 3.12. The van der Waals surface area contributed by atoms with Crippen molar-refractivity contribution in [1.82, 2.24) is 24.8 Å². The van der Waals surface area contributed by atoms with Gasteiger partial charge in [-0.25, -0.2) is 9.97 Å². The summed E-state index contributed by atoms with van der Waals surface area (Å²) in [7, 11) is 2.15.